The van der Waals surface area contributed by atoms with Crippen molar-refractivity contribution < 1.29 is 14.6 Å². The van der Waals surface area contributed by atoms with Crippen molar-refractivity contribution in [2.75, 3.05) is 20.2 Å². The van der Waals surface area contributed by atoms with Gasteiger partial charge in [-0.3, -0.25) is 9.69 Å². The van der Waals surface area contributed by atoms with Gasteiger partial charge in [-0.2, -0.15) is 0 Å². The first-order valence-corrected chi connectivity index (χ1v) is 11.2. The highest BCUT2D eigenvalue weighted by Crippen LogP contribution is 2.76. The van der Waals surface area contributed by atoms with Crippen LogP contribution in [0.3, 0.4) is 0 Å². The number of aliphatic hydroxyl groups excluding tert-OH is 1. The molecule has 0 amide bonds. The lowest BCUT2D eigenvalue weighted by Gasteiger charge is -2.67. The van der Waals surface area contributed by atoms with Gasteiger partial charge in [-0.15, -0.1) is 0 Å². The lowest BCUT2D eigenvalue weighted by Crippen LogP contribution is -2.70. The summed E-state index contributed by atoms with van der Waals surface area (Å²) in [7, 11) is 1.55. The molecule has 1 N–H and O–H groups in total. The minimum absolute atomic E-state index is 0.00220. The van der Waals surface area contributed by atoms with E-state index in [1.165, 1.54) is 25.8 Å². The molecule has 1 spiro atoms. The van der Waals surface area contributed by atoms with Gasteiger partial charge in [0.05, 0.1) is 19.1 Å². The third kappa shape index (κ3) is 1.69. The predicted octanol–water partition coefficient (Wildman–Crippen LogP) is 3.00. The lowest BCUT2D eigenvalue weighted by molar-refractivity contribution is -0.200. The first-order chi connectivity index (χ1) is 12.9. The highest BCUT2D eigenvalue weighted by atomic mass is 16.5. The second-order valence-electron chi connectivity index (χ2n) is 10.8. The average Bonchev–Trinajstić information content (AvgIpc) is 3.28. The Morgan fingerprint density at radius 1 is 1.26 bits per heavy atom. The molecule has 0 aromatic carbocycles. The van der Waals surface area contributed by atoms with Crippen molar-refractivity contribution in [2.45, 2.75) is 64.5 Å². The molecule has 4 nitrogen and oxygen atoms in total. The van der Waals surface area contributed by atoms with Gasteiger partial charge >= 0.3 is 5.97 Å². The normalized spacial score (nSPS) is 55.5. The van der Waals surface area contributed by atoms with E-state index in [9.17, 15) is 9.90 Å². The topological polar surface area (TPSA) is 49.8 Å². The first kappa shape index (κ1) is 17.0. The second-order valence-corrected chi connectivity index (χ2v) is 10.8. The number of hydrogen-bond acceptors (Lipinski definition) is 4. The quantitative estimate of drug-likeness (QED) is 0.569. The predicted molar refractivity (Wildman–Crippen MR) is 102 cm³/mol. The summed E-state index contributed by atoms with van der Waals surface area (Å²) in [5.74, 6) is 2.11. The van der Waals surface area contributed by atoms with Crippen molar-refractivity contribution >= 4 is 5.97 Å². The standard InChI is InChI=1S/C23H33NO3/c1-12-10-24-11-14-6-4-13-5-7-15-17(21(26)27-3)9-23(19(13)15)20(24)16(12)8-18(25)22(14,23)2/h12,14-18,20,25H,4-11H2,1-3H3/t12-,14-,15-,16-,17-,18+,20+,22+,23-/m1/s1. The van der Waals surface area contributed by atoms with Crippen molar-refractivity contribution in [1.82, 2.24) is 4.90 Å². The van der Waals surface area contributed by atoms with Gasteiger partial charge < -0.3 is 9.84 Å². The molecule has 6 aliphatic rings. The number of ether oxygens (including phenoxy) is 1. The number of rotatable bonds is 1. The largest absolute Gasteiger partial charge is 0.469 e. The smallest absolute Gasteiger partial charge is 0.309 e. The van der Waals surface area contributed by atoms with Crippen LogP contribution in [0.15, 0.2) is 11.1 Å². The van der Waals surface area contributed by atoms with E-state index in [0.717, 1.165) is 25.8 Å². The zero-order chi connectivity index (χ0) is 18.7. The molecule has 4 aliphatic carbocycles. The molecule has 6 rings (SSSR count). The van der Waals surface area contributed by atoms with Gasteiger partial charge in [0, 0.05) is 30.0 Å². The van der Waals surface area contributed by atoms with Crippen LogP contribution in [0, 0.1) is 40.4 Å². The molecule has 148 valence electrons. The summed E-state index contributed by atoms with van der Waals surface area (Å²) >= 11 is 0. The first-order valence-electron chi connectivity index (χ1n) is 11.2. The second kappa shape index (κ2) is 5.18. The molecule has 4 fully saturated rings. The molecule has 0 unspecified atom stereocenters. The molecular weight excluding hydrogens is 338 g/mol. The monoisotopic (exact) mass is 371 g/mol. The third-order valence-corrected chi connectivity index (χ3v) is 10.3. The van der Waals surface area contributed by atoms with E-state index in [-0.39, 0.29) is 28.8 Å². The number of piperidine rings is 1. The molecule has 0 aromatic rings. The zero-order valence-electron chi connectivity index (χ0n) is 16.9. The fourth-order valence-corrected chi connectivity index (χ4v) is 9.36. The van der Waals surface area contributed by atoms with Crippen LogP contribution in [0.5, 0.6) is 0 Å². The van der Waals surface area contributed by atoms with Crippen LogP contribution < -0.4 is 0 Å². The number of hydrogen-bond donors (Lipinski definition) is 1. The minimum Gasteiger partial charge on any atom is -0.469 e. The maximum atomic E-state index is 12.8. The van der Waals surface area contributed by atoms with Crippen LogP contribution in [-0.2, 0) is 9.53 Å². The van der Waals surface area contributed by atoms with Gasteiger partial charge in [-0.25, -0.2) is 0 Å². The maximum absolute atomic E-state index is 12.8. The summed E-state index contributed by atoms with van der Waals surface area (Å²) in [6.07, 6.45) is 6.32. The Labute approximate surface area is 162 Å². The van der Waals surface area contributed by atoms with Crippen molar-refractivity contribution in [3.8, 4) is 0 Å². The van der Waals surface area contributed by atoms with Gasteiger partial charge in [0.1, 0.15) is 0 Å². The Bertz CT molecular complexity index is 746. The molecule has 4 bridgehead atoms. The molecular formula is C23H33NO3. The fraction of sp³-hybridized carbons (Fsp3) is 0.870. The summed E-state index contributed by atoms with van der Waals surface area (Å²) in [6.45, 7) is 7.12. The molecule has 2 saturated heterocycles. The van der Waals surface area contributed by atoms with Gasteiger partial charge in [-0.05, 0) is 62.2 Å². The summed E-state index contributed by atoms with van der Waals surface area (Å²) < 4.78 is 5.29. The van der Waals surface area contributed by atoms with Crippen LogP contribution >= 0.6 is 0 Å². The van der Waals surface area contributed by atoms with Gasteiger partial charge in [0.25, 0.3) is 0 Å². The molecule has 27 heavy (non-hydrogen) atoms. The molecule has 0 radical (unpaired) electrons. The summed E-state index contributed by atoms with van der Waals surface area (Å²) in [5, 5.41) is 11.6. The van der Waals surface area contributed by atoms with Gasteiger partial charge in [0.15, 0.2) is 0 Å². The molecule has 2 aliphatic heterocycles. The fourth-order valence-electron chi connectivity index (χ4n) is 9.36. The van der Waals surface area contributed by atoms with Gasteiger partial charge in [-0.1, -0.05) is 25.0 Å². The van der Waals surface area contributed by atoms with Crippen LogP contribution in [-0.4, -0.2) is 48.3 Å². The molecule has 2 heterocycles. The van der Waals surface area contributed by atoms with E-state index in [1.54, 1.807) is 18.3 Å². The molecule has 0 aromatic heterocycles. The lowest BCUT2D eigenvalue weighted by atomic mass is 9.43. The Morgan fingerprint density at radius 3 is 2.81 bits per heavy atom. The minimum atomic E-state index is -0.240. The Kier molecular flexibility index (Phi) is 3.27. The van der Waals surface area contributed by atoms with E-state index >= 15 is 0 Å². The number of methoxy groups -OCH3 is 1. The van der Waals surface area contributed by atoms with Crippen molar-refractivity contribution in [3.63, 3.8) is 0 Å². The van der Waals surface area contributed by atoms with Crippen molar-refractivity contribution in [3.05, 3.63) is 11.1 Å². The summed E-state index contributed by atoms with van der Waals surface area (Å²) in [6, 6.07) is 0.524. The summed E-state index contributed by atoms with van der Waals surface area (Å²) in [4.78, 5) is 15.6. The average molecular weight is 372 g/mol. The third-order valence-electron chi connectivity index (χ3n) is 10.3. The number of aliphatic hydroxyl groups is 1. The van der Waals surface area contributed by atoms with Crippen LogP contribution in [0.2, 0.25) is 0 Å². The van der Waals surface area contributed by atoms with Crippen molar-refractivity contribution in [2.24, 2.45) is 40.4 Å². The van der Waals surface area contributed by atoms with E-state index in [2.05, 4.69) is 18.7 Å². The molecule has 2 saturated carbocycles. The van der Waals surface area contributed by atoms with Crippen LogP contribution in [0.4, 0.5) is 0 Å². The number of nitrogens with zero attached hydrogens (tertiary/aromatic N) is 1. The highest BCUT2D eigenvalue weighted by molar-refractivity contribution is 5.75. The van der Waals surface area contributed by atoms with E-state index < -0.39 is 0 Å². The maximum Gasteiger partial charge on any atom is 0.309 e. The van der Waals surface area contributed by atoms with E-state index in [0.29, 0.717) is 29.7 Å². The number of allylic oxidation sites excluding steroid dienone is 1. The number of carbonyl (C=O) groups is 1. The Hall–Kier alpha value is -0.870. The van der Waals surface area contributed by atoms with Crippen LogP contribution in [0.1, 0.15) is 52.4 Å². The Morgan fingerprint density at radius 2 is 2.04 bits per heavy atom. The van der Waals surface area contributed by atoms with E-state index in [1.807, 2.05) is 0 Å². The Balaban J connectivity index is 1.62. The highest BCUT2D eigenvalue weighted by Gasteiger charge is 2.76. The number of esters is 1. The van der Waals surface area contributed by atoms with E-state index in [4.69, 9.17) is 4.74 Å². The number of carbonyl (C=O) groups excluding carboxylic acids is 1. The van der Waals surface area contributed by atoms with Crippen molar-refractivity contribution in [1.29, 1.82) is 0 Å². The van der Waals surface area contributed by atoms with Gasteiger partial charge in [0.2, 0.25) is 0 Å². The van der Waals surface area contributed by atoms with Crippen LogP contribution in [0.25, 0.3) is 0 Å². The zero-order valence-corrected chi connectivity index (χ0v) is 16.9. The molecule has 9 atom stereocenters. The SMILES string of the molecule is COC(=O)[C@@H]1C[C@]23C4=C(CC[C@@H]5CN6C[C@@H](C)[C@@H](C[C@H](O)[C@]52C)[C@H]63)CC[C@@H]41. The summed E-state index contributed by atoms with van der Waals surface area (Å²) in [5.41, 5.74) is 3.20. The molecule has 4 heteroatoms.